The van der Waals surface area contributed by atoms with Gasteiger partial charge in [0.1, 0.15) is 5.75 Å². The number of piperidine rings is 1. The molecule has 3 rings (SSSR count). The fourth-order valence-corrected chi connectivity index (χ4v) is 4.17. The van der Waals surface area contributed by atoms with Crippen molar-refractivity contribution in [2.45, 2.75) is 57.8 Å². The number of benzene rings is 2. The van der Waals surface area contributed by atoms with Gasteiger partial charge < -0.3 is 20.5 Å². The van der Waals surface area contributed by atoms with Crippen molar-refractivity contribution in [3.8, 4) is 5.75 Å². The maximum Gasteiger partial charge on any atom is 0.308 e. The van der Waals surface area contributed by atoms with Gasteiger partial charge in [-0.05, 0) is 36.5 Å². The molecule has 4 unspecified atom stereocenters. The van der Waals surface area contributed by atoms with Crippen molar-refractivity contribution < 1.29 is 14.6 Å². The van der Waals surface area contributed by atoms with Crippen molar-refractivity contribution >= 4 is 5.97 Å². The van der Waals surface area contributed by atoms with E-state index in [0.29, 0.717) is 18.9 Å². The molecule has 1 saturated heterocycles. The van der Waals surface area contributed by atoms with Crippen LogP contribution in [0.5, 0.6) is 5.75 Å². The number of carbonyl (C=O) groups is 1. The molecule has 1 aliphatic heterocycles. The van der Waals surface area contributed by atoms with Gasteiger partial charge in [0.25, 0.3) is 0 Å². The van der Waals surface area contributed by atoms with Crippen LogP contribution in [0.1, 0.15) is 55.8 Å². The lowest BCUT2D eigenvalue weighted by Gasteiger charge is -2.40. The largest absolute Gasteiger partial charge is 0.496 e. The van der Waals surface area contributed by atoms with E-state index >= 15 is 0 Å². The summed E-state index contributed by atoms with van der Waals surface area (Å²) in [6.07, 6.45) is 0.579. The standard InChI is InChI=1S/C24H32N2O3/c1-15(2)18-10-11-22(29-4)19(12-18)14-25-21-13-20(24(27)28)16(3)26-23(21)17-8-6-5-7-9-17/h5-12,15-16,20-21,23,25-26H,13-14H2,1-4H3,(H,27,28). The van der Waals surface area contributed by atoms with E-state index in [1.165, 1.54) is 11.1 Å². The molecule has 3 N–H and O–H groups in total. The Morgan fingerprint density at radius 3 is 2.59 bits per heavy atom. The normalized spacial score (nSPS) is 24.4. The summed E-state index contributed by atoms with van der Waals surface area (Å²) in [7, 11) is 1.69. The molecule has 0 bridgehead atoms. The van der Waals surface area contributed by atoms with Gasteiger partial charge in [0.2, 0.25) is 0 Å². The second-order valence-corrected chi connectivity index (χ2v) is 8.24. The van der Waals surface area contributed by atoms with Crippen LogP contribution in [-0.4, -0.2) is 30.3 Å². The lowest BCUT2D eigenvalue weighted by Crippen LogP contribution is -2.55. The van der Waals surface area contributed by atoms with Crippen LogP contribution in [0, 0.1) is 5.92 Å². The fourth-order valence-electron chi connectivity index (χ4n) is 4.17. The number of nitrogens with one attached hydrogen (secondary N) is 2. The van der Waals surface area contributed by atoms with Gasteiger partial charge in [-0.1, -0.05) is 56.3 Å². The quantitative estimate of drug-likeness (QED) is 0.657. The van der Waals surface area contributed by atoms with Gasteiger partial charge in [0.15, 0.2) is 0 Å². The average Bonchev–Trinajstić information content (AvgIpc) is 2.72. The van der Waals surface area contributed by atoms with Crippen LogP contribution in [0.3, 0.4) is 0 Å². The lowest BCUT2D eigenvalue weighted by molar-refractivity contribution is -0.144. The monoisotopic (exact) mass is 396 g/mol. The molecule has 156 valence electrons. The lowest BCUT2D eigenvalue weighted by atomic mass is 9.82. The van der Waals surface area contributed by atoms with Crippen LogP contribution in [0.25, 0.3) is 0 Å². The average molecular weight is 397 g/mol. The third kappa shape index (κ3) is 4.98. The number of rotatable bonds is 7. The molecule has 29 heavy (non-hydrogen) atoms. The van der Waals surface area contributed by atoms with Gasteiger partial charge in [-0.15, -0.1) is 0 Å². The number of carboxylic acid groups (broad SMARTS) is 1. The minimum atomic E-state index is -0.748. The van der Waals surface area contributed by atoms with Crippen molar-refractivity contribution in [3.05, 3.63) is 65.2 Å². The summed E-state index contributed by atoms with van der Waals surface area (Å²) in [5, 5.41) is 16.8. The van der Waals surface area contributed by atoms with E-state index in [4.69, 9.17) is 4.74 Å². The summed E-state index contributed by atoms with van der Waals surface area (Å²) in [6, 6.07) is 16.5. The topological polar surface area (TPSA) is 70.6 Å². The van der Waals surface area contributed by atoms with Crippen molar-refractivity contribution in [1.82, 2.24) is 10.6 Å². The smallest absolute Gasteiger partial charge is 0.308 e. The van der Waals surface area contributed by atoms with Gasteiger partial charge in [0, 0.05) is 30.2 Å². The number of carboxylic acids is 1. The molecular formula is C24H32N2O3. The van der Waals surface area contributed by atoms with Crippen LogP contribution in [0.2, 0.25) is 0 Å². The summed E-state index contributed by atoms with van der Waals surface area (Å²) in [4.78, 5) is 11.8. The minimum absolute atomic E-state index is 0.00196. The fraction of sp³-hybridized carbons (Fsp3) is 0.458. The van der Waals surface area contributed by atoms with Crippen LogP contribution >= 0.6 is 0 Å². The molecular weight excluding hydrogens is 364 g/mol. The van der Waals surface area contributed by atoms with E-state index in [1.807, 2.05) is 31.2 Å². The third-order valence-electron chi connectivity index (χ3n) is 5.96. The van der Waals surface area contributed by atoms with Crippen LogP contribution in [0.15, 0.2) is 48.5 Å². The summed E-state index contributed by atoms with van der Waals surface area (Å²) in [5.74, 6) is 0.120. The second-order valence-electron chi connectivity index (χ2n) is 8.24. The van der Waals surface area contributed by atoms with E-state index in [9.17, 15) is 9.90 Å². The summed E-state index contributed by atoms with van der Waals surface area (Å²) in [6.45, 7) is 6.93. The maximum absolute atomic E-state index is 11.8. The second kappa shape index (κ2) is 9.42. The highest BCUT2D eigenvalue weighted by atomic mass is 16.5. The number of ether oxygens (including phenoxy) is 1. The predicted octanol–water partition coefficient (Wildman–Crippen LogP) is 4.10. The zero-order valence-corrected chi connectivity index (χ0v) is 17.7. The van der Waals surface area contributed by atoms with Crippen molar-refractivity contribution in [1.29, 1.82) is 0 Å². The van der Waals surface area contributed by atoms with E-state index in [1.54, 1.807) is 7.11 Å². The zero-order chi connectivity index (χ0) is 21.0. The molecule has 1 heterocycles. The predicted molar refractivity (Wildman–Crippen MR) is 115 cm³/mol. The Labute approximate surface area is 173 Å². The van der Waals surface area contributed by atoms with Gasteiger partial charge in [-0.2, -0.15) is 0 Å². The Bertz CT molecular complexity index is 822. The zero-order valence-electron chi connectivity index (χ0n) is 17.7. The summed E-state index contributed by atoms with van der Waals surface area (Å²) < 4.78 is 5.56. The molecule has 2 aromatic rings. The van der Waals surface area contributed by atoms with Crippen LogP contribution < -0.4 is 15.4 Å². The molecule has 1 aliphatic rings. The molecule has 1 fully saturated rings. The number of aliphatic carboxylic acids is 1. The van der Waals surface area contributed by atoms with E-state index in [2.05, 4.69) is 48.7 Å². The Hall–Kier alpha value is -2.37. The Morgan fingerprint density at radius 1 is 1.24 bits per heavy atom. The highest BCUT2D eigenvalue weighted by Gasteiger charge is 2.38. The SMILES string of the molecule is COc1ccc(C(C)C)cc1CNC1CC(C(=O)O)C(C)NC1c1ccccc1. The first kappa shape index (κ1) is 21.3. The van der Waals surface area contributed by atoms with Gasteiger partial charge in [-0.25, -0.2) is 0 Å². The third-order valence-corrected chi connectivity index (χ3v) is 5.96. The summed E-state index contributed by atoms with van der Waals surface area (Å²) in [5.41, 5.74) is 3.53. The van der Waals surface area contributed by atoms with Crippen molar-refractivity contribution in [2.75, 3.05) is 7.11 Å². The van der Waals surface area contributed by atoms with Gasteiger partial charge in [0.05, 0.1) is 13.0 Å². The number of hydrogen-bond acceptors (Lipinski definition) is 4. The van der Waals surface area contributed by atoms with Gasteiger partial charge >= 0.3 is 5.97 Å². The Kier molecular flexibility index (Phi) is 6.93. The highest BCUT2D eigenvalue weighted by Crippen LogP contribution is 2.31. The van der Waals surface area contributed by atoms with E-state index in [-0.39, 0.29) is 18.1 Å². The summed E-state index contributed by atoms with van der Waals surface area (Å²) >= 11 is 0. The first-order chi connectivity index (χ1) is 13.9. The van der Waals surface area contributed by atoms with Crippen LogP contribution in [-0.2, 0) is 11.3 Å². The Morgan fingerprint density at radius 2 is 1.97 bits per heavy atom. The van der Waals surface area contributed by atoms with Crippen molar-refractivity contribution in [2.24, 2.45) is 5.92 Å². The first-order valence-electron chi connectivity index (χ1n) is 10.3. The first-order valence-corrected chi connectivity index (χ1v) is 10.3. The highest BCUT2D eigenvalue weighted by molar-refractivity contribution is 5.71. The number of hydrogen-bond donors (Lipinski definition) is 3. The Balaban J connectivity index is 1.84. The molecule has 0 radical (unpaired) electrons. The van der Waals surface area contributed by atoms with E-state index in [0.717, 1.165) is 11.3 Å². The maximum atomic E-state index is 11.8. The molecule has 2 aromatic carbocycles. The molecule has 5 nitrogen and oxygen atoms in total. The minimum Gasteiger partial charge on any atom is -0.496 e. The molecule has 0 aliphatic carbocycles. The van der Waals surface area contributed by atoms with Crippen molar-refractivity contribution in [3.63, 3.8) is 0 Å². The van der Waals surface area contributed by atoms with E-state index < -0.39 is 11.9 Å². The molecule has 5 heteroatoms. The molecule has 0 saturated carbocycles. The molecule has 0 amide bonds. The molecule has 0 aromatic heterocycles. The molecule has 4 atom stereocenters. The number of methoxy groups -OCH3 is 1. The van der Waals surface area contributed by atoms with Crippen LogP contribution in [0.4, 0.5) is 0 Å². The van der Waals surface area contributed by atoms with Gasteiger partial charge in [-0.3, -0.25) is 4.79 Å². The molecule has 0 spiro atoms.